The third kappa shape index (κ3) is 3.44. The van der Waals surface area contributed by atoms with Crippen molar-refractivity contribution in [1.29, 1.82) is 0 Å². The van der Waals surface area contributed by atoms with Crippen LogP contribution in [0.2, 0.25) is 0 Å². The summed E-state index contributed by atoms with van der Waals surface area (Å²) in [5.74, 6) is -3.12. The van der Waals surface area contributed by atoms with Crippen LogP contribution in [-0.2, 0) is 19.2 Å². The van der Waals surface area contributed by atoms with Crippen LogP contribution < -0.4 is 5.32 Å². The highest BCUT2D eigenvalue weighted by molar-refractivity contribution is 6.35. The molecule has 1 rings (SSSR count). The van der Waals surface area contributed by atoms with Gasteiger partial charge in [-0.15, -0.1) is 0 Å². The van der Waals surface area contributed by atoms with E-state index in [2.05, 4.69) is 5.32 Å². The number of likely N-dealkylation sites (N-methyl/N-ethyl adjacent to an activating group) is 1. The average molecular weight is 257 g/mol. The van der Waals surface area contributed by atoms with Crippen molar-refractivity contribution in [3.8, 4) is 0 Å². The Bertz CT molecular complexity index is 382. The van der Waals surface area contributed by atoms with E-state index >= 15 is 0 Å². The highest BCUT2D eigenvalue weighted by Crippen LogP contribution is 2.04. The molecule has 100 valence electrons. The quantitative estimate of drug-likeness (QED) is 0.547. The molecule has 8 nitrogen and oxygen atoms in total. The van der Waals surface area contributed by atoms with Crippen molar-refractivity contribution >= 4 is 23.7 Å². The number of amides is 3. The van der Waals surface area contributed by atoms with E-state index in [0.717, 1.165) is 4.90 Å². The maximum absolute atomic E-state index is 11.6. The average Bonchev–Trinajstić information content (AvgIpc) is 2.33. The Morgan fingerprint density at radius 1 is 1.22 bits per heavy atom. The molecular weight excluding hydrogens is 242 g/mol. The van der Waals surface area contributed by atoms with Crippen LogP contribution >= 0.6 is 0 Å². The molecule has 1 heterocycles. The summed E-state index contributed by atoms with van der Waals surface area (Å²) in [6.07, 6.45) is 0. The van der Waals surface area contributed by atoms with Crippen LogP contribution in [-0.4, -0.2) is 71.3 Å². The summed E-state index contributed by atoms with van der Waals surface area (Å²) in [6, 6.07) is 0. The molecule has 0 atom stereocenters. The molecule has 0 bridgehead atoms. The number of hydrogen-bond donors (Lipinski definition) is 2. The number of carboxylic acid groups (broad SMARTS) is 1. The first-order valence-corrected chi connectivity index (χ1v) is 5.52. The number of carbonyl (C=O) groups excluding carboxylic acids is 3. The number of piperazine rings is 1. The van der Waals surface area contributed by atoms with E-state index in [4.69, 9.17) is 5.11 Å². The highest BCUT2D eigenvalue weighted by atomic mass is 16.4. The van der Waals surface area contributed by atoms with Gasteiger partial charge >= 0.3 is 17.8 Å². The summed E-state index contributed by atoms with van der Waals surface area (Å²) in [5, 5.41) is 10.5. The predicted octanol–water partition coefficient (Wildman–Crippen LogP) is -2.12. The molecule has 0 radical (unpaired) electrons. The number of rotatable bonds is 5. The van der Waals surface area contributed by atoms with Crippen LogP contribution in [0.5, 0.6) is 0 Å². The lowest BCUT2D eigenvalue weighted by Gasteiger charge is -2.32. The van der Waals surface area contributed by atoms with Gasteiger partial charge in [0.05, 0.1) is 0 Å². The summed E-state index contributed by atoms with van der Waals surface area (Å²) in [5.41, 5.74) is 0. The van der Waals surface area contributed by atoms with E-state index in [1.165, 1.54) is 4.90 Å². The molecule has 0 unspecified atom stereocenters. The van der Waals surface area contributed by atoms with E-state index < -0.39 is 30.2 Å². The van der Waals surface area contributed by atoms with Crippen molar-refractivity contribution < 1.29 is 24.3 Å². The molecule has 0 aliphatic carbocycles. The van der Waals surface area contributed by atoms with Gasteiger partial charge in [0.25, 0.3) is 0 Å². The lowest BCUT2D eigenvalue weighted by Crippen LogP contribution is -2.56. The molecule has 1 saturated heterocycles. The molecule has 0 spiro atoms. The molecule has 0 aromatic rings. The summed E-state index contributed by atoms with van der Waals surface area (Å²) in [6.45, 7) is 2.07. The predicted molar refractivity (Wildman–Crippen MR) is 59.5 cm³/mol. The van der Waals surface area contributed by atoms with E-state index in [1.54, 1.807) is 6.92 Å². The van der Waals surface area contributed by atoms with Crippen molar-refractivity contribution in [1.82, 2.24) is 15.1 Å². The molecule has 1 fully saturated rings. The van der Waals surface area contributed by atoms with Gasteiger partial charge in [-0.25, -0.2) is 0 Å². The van der Waals surface area contributed by atoms with Gasteiger partial charge in [0.2, 0.25) is 5.91 Å². The van der Waals surface area contributed by atoms with Crippen molar-refractivity contribution in [3.63, 3.8) is 0 Å². The Labute approximate surface area is 104 Å². The van der Waals surface area contributed by atoms with Crippen molar-refractivity contribution in [2.24, 2.45) is 0 Å². The zero-order chi connectivity index (χ0) is 13.7. The zero-order valence-corrected chi connectivity index (χ0v) is 10.0. The number of carboxylic acids is 1. The normalized spacial score (nSPS) is 15.8. The first kappa shape index (κ1) is 13.9. The summed E-state index contributed by atoms with van der Waals surface area (Å²) in [7, 11) is 0. The van der Waals surface area contributed by atoms with Crippen LogP contribution in [0.3, 0.4) is 0 Å². The Balaban J connectivity index is 2.48. The minimum atomic E-state index is -1.17. The Hall–Kier alpha value is -2.12. The van der Waals surface area contributed by atoms with Crippen LogP contribution in [0.4, 0.5) is 0 Å². The summed E-state index contributed by atoms with van der Waals surface area (Å²) < 4.78 is 0. The maximum Gasteiger partial charge on any atom is 0.322 e. The number of nitrogens with zero attached hydrogens (tertiary/aromatic N) is 2. The topological polar surface area (TPSA) is 107 Å². The Morgan fingerprint density at radius 2 is 1.78 bits per heavy atom. The molecule has 0 aromatic heterocycles. The Kier molecular flexibility index (Phi) is 4.64. The van der Waals surface area contributed by atoms with Crippen LogP contribution in [0.25, 0.3) is 0 Å². The lowest BCUT2D eigenvalue weighted by atomic mass is 10.3. The molecule has 18 heavy (non-hydrogen) atoms. The van der Waals surface area contributed by atoms with E-state index in [0.29, 0.717) is 13.1 Å². The first-order valence-electron chi connectivity index (χ1n) is 5.52. The smallest absolute Gasteiger partial charge is 0.322 e. The fourth-order valence-electron chi connectivity index (χ4n) is 1.57. The first-order chi connectivity index (χ1) is 8.45. The monoisotopic (exact) mass is 257 g/mol. The standard InChI is InChI=1S/C10H15N3O5/c1-2-12-3-4-13(10(18)9(12)17)6-7(14)11-5-8(15)16/h2-6H2,1H3,(H,11,14)(H,15,16). The van der Waals surface area contributed by atoms with E-state index in [9.17, 15) is 19.2 Å². The van der Waals surface area contributed by atoms with Crippen molar-refractivity contribution in [3.05, 3.63) is 0 Å². The molecular formula is C10H15N3O5. The number of hydrogen-bond acceptors (Lipinski definition) is 4. The minimum Gasteiger partial charge on any atom is -0.480 e. The van der Waals surface area contributed by atoms with Gasteiger partial charge in [0.1, 0.15) is 13.1 Å². The van der Waals surface area contributed by atoms with Crippen molar-refractivity contribution in [2.75, 3.05) is 32.7 Å². The van der Waals surface area contributed by atoms with Gasteiger partial charge in [-0.2, -0.15) is 0 Å². The third-order valence-electron chi connectivity index (χ3n) is 2.55. The second-order valence-electron chi connectivity index (χ2n) is 3.78. The minimum absolute atomic E-state index is 0.277. The number of carbonyl (C=O) groups is 4. The SMILES string of the molecule is CCN1CCN(CC(=O)NCC(=O)O)C(=O)C1=O. The van der Waals surface area contributed by atoms with Gasteiger partial charge in [0.15, 0.2) is 0 Å². The van der Waals surface area contributed by atoms with Gasteiger partial charge in [-0.3, -0.25) is 19.2 Å². The third-order valence-corrected chi connectivity index (χ3v) is 2.55. The summed E-state index contributed by atoms with van der Waals surface area (Å²) in [4.78, 5) is 47.2. The van der Waals surface area contributed by atoms with Crippen LogP contribution in [0.15, 0.2) is 0 Å². The molecule has 8 heteroatoms. The molecule has 1 aliphatic rings. The van der Waals surface area contributed by atoms with E-state index in [-0.39, 0.29) is 13.1 Å². The summed E-state index contributed by atoms with van der Waals surface area (Å²) >= 11 is 0. The zero-order valence-electron chi connectivity index (χ0n) is 10.0. The van der Waals surface area contributed by atoms with Gasteiger partial charge in [-0.1, -0.05) is 0 Å². The lowest BCUT2D eigenvalue weighted by molar-refractivity contribution is -0.156. The number of aliphatic carboxylic acids is 1. The fraction of sp³-hybridized carbons (Fsp3) is 0.600. The van der Waals surface area contributed by atoms with E-state index in [1.807, 2.05) is 0 Å². The molecule has 1 aliphatic heterocycles. The highest BCUT2D eigenvalue weighted by Gasteiger charge is 2.32. The van der Waals surface area contributed by atoms with Crippen LogP contribution in [0, 0.1) is 0 Å². The molecule has 0 saturated carbocycles. The van der Waals surface area contributed by atoms with Crippen LogP contribution in [0.1, 0.15) is 6.92 Å². The van der Waals surface area contributed by atoms with Crippen molar-refractivity contribution in [2.45, 2.75) is 6.92 Å². The maximum atomic E-state index is 11.6. The molecule has 2 N–H and O–H groups in total. The second kappa shape index (κ2) is 5.99. The van der Waals surface area contributed by atoms with Gasteiger partial charge in [0, 0.05) is 19.6 Å². The number of nitrogens with one attached hydrogen (secondary N) is 1. The largest absolute Gasteiger partial charge is 0.480 e. The second-order valence-corrected chi connectivity index (χ2v) is 3.78. The van der Waals surface area contributed by atoms with Gasteiger partial charge < -0.3 is 20.2 Å². The fourth-order valence-corrected chi connectivity index (χ4v) is 1.57. The van der Waals surface area contributed by atoms with Gasteiger partial charge in [-0.05, 0) is 6.92 Å². The Morgan fingerprint density at radius 3 is 2.33 bits per heavy atom. The molecule has 3 amide bonds. The molecule has 0 aromatic carbocycles.